The first-order chi connectivity index (χ1) is 5.86. The van der Waals surface area contributed by atoms with Crippen molar-refractivity contribution in [2.24, 2.45) is 0 Å². The van der Waals surface area contributed by atoms with Crippen molar-refractivity contribution in [3.05, 3.63) is 36.5 Å². The van der Waals surface area contributed by atoms with E-state index in [1.54, 1.807) is 0 Å². The number of benzene rings is 1. The third-order valence-electron chi connectivity index (χ3n) is 1.55. The Kier molecular flexibility index (Phi) is 2.61. The lowest BCUT2D eigenvalue weighted by atomic mass is 10.2. The smallest absolute Gasteiger partial charge is 0.116 e. The predicted molar refractivity (Wildman–Crippen MR) is 46.3 cm³/mol. The van der Waals surface area contributed by atoms with E-state index in [-0.39, 0.29) is 5.48 Å². The molecule has 3 N–H and O–H groups in total. The van der Waals surface area contributed by atoms with Gasteiger partial charge < -0.3 is 10.7 Å². The highest BCUT2D eigenvalue weighted by atomic mass is 16.5. The minimum atomic E-state index is 0. The molecule has 68 valence electrons. The van der Waals surface area contributed by atoms with Gasteiger partial charge in [0, 0.05) is 5.56 Å². The van der Waals surface area contributed by atoms with Gasteiger partial charge in [0.1, 0.15) is 5.69 Å². The van der Waals surface area contributed by atoms with Gasteiger partial charge in [-0.2, -0.15) is 0 Å². The molecule has 0 fully saturated rings. The first-order valence-electron chi connectivity index (χ1n) is 3.53. The molecule has 1 aromatic carbocycles. The first kappa shape index (κ1) is 9.21. The van der Waals surface area contributed by atoms with Crippen LogP contribution in [0.4, 0.5) is 0 Å². The predicted octanol–water partition coefficient (Wildman–Crippen LogP) is 0.358. The Labute approximate surface area is 74.5 Å². The van der Waals surface area contributed by atoms with E-state index in [1.165, 1.54) is 6.20 Å². The number of aromatic nitrogens is 3. The minimum Gasteiger partial charge on any atom is -0.412 e. The molecule has 13 heavy (non-hydrogen) atoms. The number of hydrogen-bond acceptors (Lipinski definition) is 3. The van der Waals surface area contributed by atoms with Gasteiger partial charge in [-0.05, 0) is 5.21 Å². The zero-order chi connectivity index (χ0) is 8.39. The second-order valence-electron chi connectivity index (χ2n) is 2.39. The summed E-state index contributed by atoms with van der Waals surface area (Å²) in [5, 5.41) is 16.0. The fourth-order valence-electron chi connectivity index (χ4n) is 0.996. The second kappa shape index (κ2) is 3.68. The van der Waals surface area contributed by atoms with E-state index in [0.29, 0.717) is 10.5 Å². The zero-order valence-corrected chi connectivity index (χ0v) is 6.75. The highest BCUT2D eigenvalue weighted by Crippen LogP contribution is 2.13. The van der Waals surface area contributed by atoms with Crippen LogP contribution in [0.3, 0.4) is 0 Å². The molecule has 1 aromatic heterocycles. The standard InChI is InChI=1S/C8H7N3O.H2O/c12-11-6-8(9-10-11)7-4-2-1-3-5-7;/h1-6,12H;1H2. The van der Waals surface area contributed by atoms with Crippen LogP contribution in [-0.2, 0) is 0 Å². The average molecular weight is 179 g/mol. The molecule has 0 aliphatic rings. The maximum Gasteiger partial charge on any atom is 0.116 e. The lowest BCUT2D eigenvalue weighted by Gasteiger charge is -1.90. The van der Waals surface area contributed by atoms with Crippen molar-refractivity contribution in [2.45, 2.75) is 0 Å². The summed E-state index contributed by atoms with van der Waals surface area (Å²) in [6, 6.07) is 9.55. The van der Waals surface area contributed by atoms with Gasteiger partial charge in [-0.15, -0.1) is 5.10 Å². The van der Waals surface area contributed by atoms with Gasteiger partial charge in [0.05, 0.1) is 6.20 Å². The van der Waals surface area contributed by atoms with Crippen LogP contribution in [0.1, 0.15) is 0 Å². The molecule has 2 aromatic rings. The van der Waals surface area contributed by atoms with Gasteiger partial charge in [0.2, 0.25) is 0 Å². The van der Waals surface area contributed by atoms with Crippen LogP contribution in [0.5, 0.6) is 0 Å². The second-order valence-corrected chi connectivity index (χ2v) is 2.39. The Morgan fingerprint density at radius 1 is 1.15 bits per heavy atom. The molecule has 5 nitrogen and oxygen atoms in total. The van der Waals surface area contributed by atoms with Crippen LogP contribution in [0.15, 0.2) is 36.5 Å². The zero-order valence-electron chi connectivity index (χ0n) is 6.75. The monoisotopic (exact) mass is 179 g/mol. The van der Waals surface area contributed by atoms with Crippen molar-refractivity contribution in [1.29, 1.82) is 0 Å². The Morgan fingerprint density at radius 3 is 2.38 bits per heavy atom. The fourth-order valence-corrected chi connectivity index (χ4v) is 0.996. The maximum absolute atomic E-state index is 8.86. The lowest BCUT2D eigenvalue weighted by molar-refractivity contribution is 0.143. The molecule has 0 spiro atoms. The average Bonchev–Trinajstić information content (AvgIpc) is 2.54. The summed E-state index contributed by atoms with van der Waals surface area (Å²) in [5.41, 5.74) is 1.61. The van der Waals surface area contributed by atoms with Crippen LogP contribution < -0.4 is 0 Å². The minimum absolute atomic E-state index is 0. The summed E-state index contributed by atoms with van der Waals surface area (Å²) >= 11 is 0. The van der Waals surface area contributed by atoms with Crippen molar-refractivity contribution in [3.63, 3.8) is 0 Å². The molecule has 0 saturated carbocycles. The first-order valence-corrected chi connectivity index (χ1v) is 3.53. The molecule has 2 rings (SSSR count). The number of nitrogens with zero attached hydrogens (tertiary/aromatic N) is 3. The van der Waals surface area contributed by atoms with Crippen molar-refractivity contribution < 1.29 is 10.7 Å². The largest absolute Gasteiger partial charge is 0.412 e. The van der Waals surface area contributed by atoms with E-state index in [4.69, 9.17) is 5.21 Å². The van der Waals surface area contributed by atoms with Crippen molar-refractivity contribution in [3.8, 4) is 11.3 Å². The van der Waals surface area contributed by atoms with Crippen LogP contribution >= 0.6 is 0 Å². The summed E-state index contributed by atoms with van der Waals surface area (Å²) in [6.45, 7) is 0. The van der Waals surface area contributed by atoms with Crippen LogP contribution in [0.2, 0.25) is 0 Å². The van der Waals surface area contributed by atoms with Crippen LogP contribution in [0.25, 0.3) is 11.3 Å². The SMILES string of the molecule is O.On1cc(-c2ccccc2)nn1. The normalized spacial score (nSPS) is 9.23. The van der Waals surface area contributed by atoms with Crippen molar-refractivity contribution in [2.75, 3.05) is 0 Å². The Hall–Kier alpha value is -1.88. The van der Waals surface area contributed by atoms with E-state index in [9.17, 15) is 0 Å². The van der Waals surface area contributed by atoms with Crippen molar-refractivity contribution >= 4 is 0 Å². The summed E-state index contributed by atoms with van der Waals surface area (Å²) in [7, 11) is 0. The molecule has 0 aliphatic heterocycles. The van der Waals surface area contributed by atoms with Gasteiger partial charge >= 0.3 is 0 Å². The molecule has 0 saturated heterocycles. The third kappa shape index (κ3) is 1.83. The van der Waals surface area contributed by atoms with Crippen molar-refractivity contribution in [1.82, 2.24) is 15.2 Å². The third-order valence-corrected chi connectivity index (χ3v) is 1.55. The van der Waals surface area contributed by atoms with E-state index in [1.807, 2.05) is 30.3 Å². The molecule has 0 unspecified atom stereocenters. The maximum atomic E-state index is 8.86. The van der Waals surface area contributed by atoms with Gasteiger partial charge in [0.25, 0.3) is 0 Å². The molecule has 0 bridgehead atoms. The van der Waals surface area contributed by atoms with E-state index < -0.39 is 0 Å². The summed E-state index contributed by atoms with van der Waals surface area (Å²) in [6.07, 6.45) is 1.45. The van der Waals surface area contributed by atoms with Gasteiger partial charge in [0.15, 0.2) is 0 Å². The van der Waals surface area contributed by atoms with Crippen LogP contribution in [0, 0.1) is 0 Å². The molecule has 0 aliphatic carbocycles. The van der Waals surface area contributed by atoms with E-state index in [2.05, 4.69) is 10.3 Å². The van der Waals surface area contributed by atoms with E-state index in [0.717, 1.165) is 5.56 Å². The quantitative estimate of drug-likeness (QED) is 0.641. The topological polar surface area (TPSA) is 82.4 Å². The van der Waals surface area contributed by atoms with Gasteiger partial charge in [-0.1, -0.05) is 35.2 Å². The Morgan fingerprint density at radius 2 is 1.85 bits per heavy atom. The highest BCUT2D eigenvalue weighted by Gasteiger charge is 2.00. The van der Waals surface area contributed by atoms with Gasteiger partial charge in [-0.3, -0.25) is 0 Å². The molecule has 0 radical (unpaired) electrons. The molecule has 0 amide bonds. The van der Waals surface area contributed by atoms with Crippen LogP contribution in [-0.4, -0.2) is 25.8 Å². The molecule has 5 heteroatoms. The molecular weight excluding hydrogens is 170 g/mol. The molecule has 1 heterocycles. The molecular formula is C8H9N3O2. The lowest BCUT2D eigenvalue weighted by Crippen LogP contribution is -1.88. The molecule has 0 atom stereocenters. The summed E-state index contributed by atoms with van der Waals surface area (Å²) in [4.78, 5) is 0.697. The number of rotatable bonds is 1. The highest BCUT2D eigenvalue weighted by molar-refractivity contribution is 5.56. The van der Waals surface area contributed by atoms with Gasteiger partial charge in [-0.25, -0.2) is 0 Å². The Balaban J connectivity index is 0.000000845. The fraction of sp³-hybridized carbons (Fsp3) is 0. The summed E-state index contributed by atoms with van der Waals surface area (Å²) < 4.78 is 0. The summed E-state index contributed by atoms with van der Waals surface area (Å²) in [5.74, 6) is 0. The number of hydrogen-bond donors (Lipinski definition) is 1. The van der Waals surface area contributed by atoms with E-state index >= 15 is 0 Å². The Bertz CT molecular complexity index is 372.